The third kappa shape index (κ3) is 5.16. The van der Waals surface area contributed by atoms with Gasteiger partial charge in [0, 0.05) is 42.8 Å². The van der Waals surface area contributed by atoms with Crippen molar-refractivity contribution in [2.45, 2.75) is 56.0 Å². The van der Waals surface area contributed by atoms with Crippen molar-refractivity contribution in [3.05, 3.63) is 54.4 Å². The smallest absolute Gasteiger partial charge is 0.243 e. The molecule has 2 heterocycles. The van der Waals surface area contributed by atoms with E-state index >= 15 is 0 Å². The molecule has 0 saturated carbocycles. The Morgan fingerprint density at radius 2 is 1.87 bits per heavy atom. The minimum Gasteiger partial charge on any atom is -0.299 e. The summed E-state index contributed by atoms with van der Waals surface area (Å²) in [7, 11) is -3.55. The van der Waals surface area contributed by atoms with Crippen molar-refractivity contribution < 1.29 is 8.42 Å². The van der Waals surface area contributed by atoms with Gasteiger partial charge in [-0.1, -0.05) is 50.7 Å². The molecule has 0 aliphatic carbocycles. The van der Waals surface area contributed by atoms with Gasteiger partial charge in [0.1, 0.15) is 0 Å². The fourth-order valence-corrected chi connectivity index (χ4v) is 5.77. The Labute approximate surface area is 189 Å². The van der Waals surface area contributed by atoms with Crippen molar-refractivity contribution >= 4 is 21.8 Å². The van der Waals surface area contributed by atoms with E-state index in [2.05, 4.69) is 33.6 Å². The predicted octanol–water partition coefficient (Wildman–Crippen LogP) is 4.63. The van der Waals surface area contributed by atoms with Gasteiger partial charge >= 0.3 is 0 Å². The number of thioether (sulfide) groups is 1. The Kier molecular flexibility index (Phi) is 7.85. The second-order valence-electron chi connectivity index (χ2n) is 7.20. The van der Waals surface area contributed by atoms with E-state index in [0.717, 1.165) is 28.5 Å². The fourth-order valence-electron chi connectivity index (χ4n) is 3.29. The number of pyridine rings is 1. The molecule has 7 nitrogen and oxygen atoms in total. The van der Waals surface area contributed by atoms with E-state index in [1.807, 2.05) is 38.2 Å². The average molecular weight is 460 g/mol. The monoisotopic (exact) mass is 459 g/mol. The van der Waals surface area contributed by atoms with Crippen LogP contribution in [0.3, 0.4) is 0 Å². The molecule has 1 unspecified atom stereocenters. The molecule has 1 atom stereocenters. The topological polar surface area (TPSA) is 81.0 Å². The molecule has 9 heteroatoms. The molecule has 0 spiro atoms. The maximum Gasteiger partial charge on any atom is 0.243 e. The van der Waals surface area contributed by atoms with Gasteiger partial charge in [0.25, 0.3) is 0 Å². The zero-order chi connectivity index (χ0) is 22.4. The molecule has 0 aliphatic rings. The maximum absolute atomic E-state index is 13.0. The van der Waals surface area contributed by atoms with Crippen LogP contribution >= 0.6 is 11.8 Å². The third-order valence-corrected chi connectivity index (χ3v) is 8.28. The summed E-state index contributed by atoms with van der Waals surface area (Å²) in [5, 5.41) is 9.69. The van der Waals surface area contributed by atoms with Crippen LogP contribution in [0.15, 0.2) is 58.8 Å². The molecular weight excluding hydrogens is 430 g/mol. The van der Waals surface area contributed by atoms with Crippen LogP contribution in [0.2, 0.25) is 0 Å². The van der Waals surface area contributed by atoms with Crippen molar-refractivity contribution in [3.8, 4) is 11.4 Å². The number of benzene rings is 1. The number of nitrogens with zero attached hydrogens (tertiary/aromatic N) is 5. The van der Waals surface area contributed by atoms with Gasteiger partial charge < -0.3 is 0 Å². The molecule has 0 bridgehead atoms. The predicted molar refractivity (Wildman–Crippen MR) is 124 cm³/mol. The van der Waals surface area contributed by atoms with Gasteiger partial charge in [0.15, 0.2) is 11.0 Å². The van der Waals surface area contributed by atoms with E-state index in [1.165, 1.54) is 4.31 Å². The first-order chi connectivity index (χ1) is 14.9. The van der Waals surface area contributed by atoms with Crippen LogP contribution in [-0.2, 0) is 15.8 Å². The Balaban J connectivity index is 1.98. The molecule has 2 aromatic heterocycles. The Bertz CT molecular complexity index is 1100. The van der Waals surface area contributed by atoms with Crippen LogP contribution in [0.4, 0.5) is 0 Å². The number of aromatic nitrogens is 4. The highest BCUT2D eigenvalue weighted by Crippen LogP contribution is 2.31. The van der Waals surface area contributed by atoms with Gasteiger partial charge in [-0.15, -0.1) is 10.2 Å². The lowest BCUT2D eigenvalue weighted by molar-refractivity contribution is 0.445. The molecule has 0 fully saturated rings. The fraction of sp³-hybridized carbons (Fsp3) is 0.409. The zero-order valence-corrected chi connectivity index (χ0v) is 20.0. The highest BCUT2D eigenvalue weighted by Gasteiger charge is 2.24. The Morgan fingerprint density at radius 3 is 2.52 bits per heavy atom. The van der Waals surface area contributed by atoms with Crippen LogP contribution in [-0.4, -0.2) is 45.6 Å². The van der Waals surface area contributed by atoms with Gasteiger partial charge in [0.2, 0.25) is 10.0 Å². The first-order valence-corrected chi connectivity index (χ1v) is 12.9. The van der Waals surface area contributed by atoms with Gasteiger partial charge in [0.05, 0.1) is 4.90 Å². The molecule has 0 N–H and O–H groups in total. The molecule has 0 aliphatic heterocycles. The van der Waals surface area contributed by atoms with Gasteiger partial charge in [-0.2, -0.15) is 4.31 Å². The molecule has 1 aromatic carbocycles. The highest BCUT2D eigenvalue weighted by atomic mass is 32.2. The van der Waals surface area contributed by atoms with E-state index in [4.69, 9.17) is 0 Å². The molecule has 31 heavy (non-hydrogen) atoms. The minimum absolute atomic E-state index is 0.171. The van der Waals surface area contributed by atoms with Crippen LogP contribution < -0.4 is 0 Å². The van der Waals surface area contributed by atoms with Crippen molar-refractivity contribution in [2.75, 3.05) is 13.1 Å². The van der Waals surface area contributed by atoms with Crippen molar-refractivity contribution in [1.29, 1.82) is 0 Å². The van der Waals surface area contributed by atoms with Crippen LogP contribution in [0.1, 0.15) is 45.7 Å². The quantitative estimate of drug-likeness (QED) is 0.411. The van der Waals surface area contributed by atoms with Crippen LogP contribution in [0.25, 0.3) is 11.4 Å². The zero-order valence-electron chi connectivity index (χ0n) is 18.4. The van der Waals surface area contributed by atoms with E-state index in [1.54, 1.807) is 36.2 Å². The normalized spacial score (nSPS) is 12.9. The van der Waals surface area contributed by atoms with Gasteiger partial charge in [-0.3, -0.25) is 9.55 Å². The summed E-state index contributed by atoms with van der Waals surface area (Å²) >= 11 is 1.60. The third-order valence-electron chi connectivity index (χ3n) is 5.22. The van der Waals surface area contributed by atoms with E-state index in [9.17, 15) is 8.42 Å². The Morgan fingerprint density at radius 1 is 1.10 bits per heavy atom. The first-order valence-electron chi connectivity index (χ1n) is 10.5. The Hall–Kier alpha value is -2.23. The first kappa shape index (κ1) is 23.4. The SMILES string of the molecule is CCC(C)n1c(SCc2cccnc2)nnc1-c1cccc(S(=O)(=O)N(CC)CC)c1. The maximum atomic E-state index is 13.0. The van der Waals surface area contributed by atoms with Crippen molar-refractivity contribution in [3.63, 3.8) is 0 Å². The van der Waals surface area contributed by atoms with Crippen LogP contribution in [0, 0.1) is 0 Å². The summed E-state index contributed by atoms with van der Waals surface area (Å²) in [5.41, 5.74) is 1.86. The molecule has 0 amide bonds. The number of rotatable bonds is 10. The highest BCUT2D eigenvalue weighted by molar-refractivity contribution is 7.98. The van der Waals surface area contributed by atoms with Gasteiger partial charge in [-0.25, -0.2) is 8.42 Å². The average Bonchev–Trinajstić information content (AvgIpc) is 3.22. The summed E-state index contributed by atoms with van der Waals surface area (Å²) in [4.78, 5) is 4.44. The van der Waals surface area contributed by atoms with E-state index < -0.39 is 10.0 Å². The second-order valence-corrected chi connectivity index (χ2v) is 10.1. The van der Waals surface area contributed by atoms with E-state index in [0.29, 0.717) is 18.9 Å². The summed E-state index contributed by atoms with van der Waals surface area (Å²) in [5.74, 6) is 1.42. The molecule has 166 valence electrons. The van der Waals surface area contributed by atoms with Crippen molar-refractivity contribution in [2.24, 2.45) is 0 Å². The second kappa shape index (κ2) is 10.4. The summed E-state index contributed by atoms with van der Waals surface area (Å²) in [6.07, 6.45) is 4.51. The number of hydrogen-bond donors (Lipinski definition) is 0. The molecule has 3 aromatic rings. The summed E-state index contributed by atoms with van der Waals surface area (Å²) in [6, 6.07) is 11.1. The van der Waals surface area contributed by atoms with Crippen LogP contribution in [0.5, 0.6) is 0 Å². The lowest BCUT2D eigenvalue weighted by Crippen LogP contribution is -2.30. The standard InChI is InChI=1S/C22H29N5O2S2/c1-5-17(4)27-21(24-25-22(27)30-16-18-10-9-13-23-15-18)19-11-8-12-20(14-19)31(28,29)26(6-2)7-3/h8-15,17H,5-7,16H2,1-4H3. The lowest BCUT2D eigenvalue weighted by Gasteiger charge is -2.19. The van der Waals surface area contributed by atoms with Crippen molar-refractivity contribution in [1.82, 2.24) is 24.1 Å². The molecule has 0 radical (unpaired) electrons. The lowest BCUT2D eigenvalue weighted by atomic mass is 10.2. The molecular formula is C22H29N5O2S2. The number of sulfonamides is 1. The van der Waals surface area contributed by atoms with Gasteiger partial charge in [-0.05, 0) is 37.1 Å². The molecule has 3 rings (SSSR count). The minimum atomic E-state index is -3.55. The molecule has 0 saturated heterocycles. The number of hydrogen-bond acceptors (Lipinski definition) is 6. The summed E-state index contributed by atoms with van der Waals surface area (Å²) in [6.45, 7) is 8.79. The largest absolute Gasteiger partial charge is 0.299 e. The van der Waals surface area contributed by atoms with E-state index in [-0.39, 0.29) is 10.9 Å². The summed E-state index contributed by atoms with van der Waals surface area (Å²) < 4.78 is 29.5.